The number of nitrogens with zero attached hydrogens (tertiary/aromatic N) is 1. The van der Waals surface area contributed by atoms with Gasteiger partial charge in [0.05, 0.1) is 6.61 Å². The molecule has 0 saturated heterocycles. The van der Waals surface area contributed by atoms with Crippen molar-refractivity contribution in [2.75, 3.05) is 20.3 Å². The lowest BCUT2D eigenvalue weighted by atomic mass is 10.1. The third-order valence-corrected chi connectivity index (χ3v) is 2.96. The van der Waals surface area contributed by atoms with Crippen molar-refractivity contribution >= 4 is 0 Å². The molecule has 0 spiro atoms. The van der Waals surface area contributed by atoms with Crippen molar-refractivity contribution in [3.63, 3.8) is 0 Å². The van der Waals surface area contributed by atoms with Crippen molar-refractivity contribution in [1.82, 2.24) is 9.88 Å². The van der Waals surface area contributed by atoms with Gasteiger partial charge >= 0.3 is 0 Å². The third kappa shape index (κ3) is 3.68. The van der Waals surface area contributed by atoms with E-state index >= 15 is 0 Å². The van der Waals surface area contributed by atoms with Crippen LogP contribution in [-0.2, 0) is 17.8 Å². The van der Waals surface area contributed by atoms with Crippen LogP contribution in [0.25, 0.3) is 0 Å². The second-order valence-electron chi connectivity index (χ2n) is 4.67. The van der Waals surface area contributed by atoms with E-state index in [2.05, 4.69) is 25.2 Å². The fourth-order valence-corrected chi connectivity index (χ4v) is 1.95. The Morgan fingerprint density at radius 2 is 2.11 bits per heavy atom. The standard InChI is InChI=1S/C14H24N2O2/c1-5-15-10-12-6-7-13(11(2)3)16(14(12)17)8-9-18-4/h6-7,11,15H,5,8-10H2,1-4H3. The lowest BCUT2D eigenvalue weighted by molar-refractivity contribution is 0.185. The summed E-state index contributed by atoms with van der Waals surface area (Å²) in [5.41, 5.74) is 1.98. The minimum Gasteiger partial charge on any atom is -0.383 e. The van der Waals surface area contributed by atoms with Gasteiger partial charge < -0.3 is 14.6 Å². The zero-order valence-electron chi connectivity index (χ0n) is 11.8. The van der Waals surface area contributed by atoms with Crippen LogP contribution in [-0.4, -0.2) is 24.8 Å². The number of nitrogens with one attached hydrogen (secondary N) is 1. The highest BCUT2D eigenvalue weighted by molar-refractivity contribution is 5.18. The summed E-state index contributed by atoms with van der Waals surface area (Å²) >= 11 is 0. The summed E-state index contributed by atoms with van der Waals surface area (Å²) < 4.78 is 6.92. The molecule has 0 radical (unpaired) electrons. The SMILES string of the molecule is CCNCc1ccc(C(C)C)n(CCOC)c1=O. The highest BCUT2D eigenvalue weighted by Gasteiger charge is 2.10. The van der Waals surface area contributed by atoms with Crippen molar-refractivity contribution < 1.29 is 4.74 Å². The lowest BCUT2D eigenvalue weighted by Crippen LogP contribution is -2.30. The van der Waals surface area contributed by atoms with E-state index in [0.29, 0.717) is 25.6 Å². The molecule has 0 aliphatic rings. The van der Waals surface area contributed by atoms with Crippen LogP contribution in [0.3, 0.4) is 0 Å². The van der Waals surface area contributed by atoms with Crippen molar-refractivity contribution in [2.24, 2.45) is 0 Å². The first kappa shape index (κ1) is 14.9. The number of aromatic nitrogens is 1. The molecule has 4 heteroatoms. The molecule has 0 aliphatic heterocycles. The van der Waals surface area contributed by atoms with Gasteiger partial charge in [0, 0.05) is 31.5 Å². The van der Waals surface area contributed by atoms with Gasteiger partial charge in [-0.2, -0.15) is 0 Å². The van der Waals surface area contributed by atoms with Gasteiger partial charge in [-0.05, 0) is 18.5 Å². The van der Waals surface area contributed by atoms with E-state index < -0.39 is 0 Å². The van der Waals surface area contributed by atoms with Gasteiger partial charge in [0.2, 0.25) is 0 Å². The summed E-state index contributed by atoms with van der Waals surface area (Å²) in [4.78, 5) is 12.4. The monoisotopic (exact) mass is 252 g/mol. The zero-order chi connectivity index (χ0) is 13.5. The number of pyridine rings is 1. The van der Waals surface area contributed by atoms with Gasteiger partial charge in [0.15, 0.2) is 0 Å². The Morgan fingerprint density at radius 3 is 2.67 bits per heavy atom. The van der Waals surface area contributed by atoms with E-state index in [0.717, 1.165) is 17.8 Å². The van der Waals surface area contributed by atoms with Gasteiger partial charge in [-0.15, -0.1) is 0 Å². The topological polar surface area (TPSA) is 43.3 Å². The second-order valence-corrected chi connectivity index (χ2v) is 4.67. The maximum atomic E-state index is 12.4. The summed E-state index contributed by atoms with van der Waals surface area (Å²) in [6, 6.07) is 3.98. The van der Waals surface area contributed by atoms with E-state index in [-0.39, 0.29) is 5.56 Å². The number of ether oxygens (including phenoxy) is 1. The summed E-state index contributed by atoms with van der Waals surface area (Å²) in [7, 11) is 1.66. The average molecular weight is 252 g/mol. The van der Waals surface area contributed by atoms with Crippen LogP contribution in [0.4, 0.5) is 0 Å². The number of hydrogen-bond acceptors (Lipinski definition) is 3. The van der Waals surface area contributed by atoms with Crippen LogP contribution >= 0.6 is 0 Å². The second kappa shape index (κ2) is 7.34. The van der Waals surface area contributed by atoms with E-state index in [1.807, 2.05) is 17.6 Å². The molecule has 0 amide bonds. The Balaban J connectivity index is 3.09. The first-order valence-electron chi connectivity index (χ1n) is 6.54. The Bertz CT molecular complexity index is 424. The molecule has 18 heavy (non-hydrogen) atoms. The molecule has 0 aliphatic carbocycles. The average Bonchev–Trinajstić information content (AvgIpc) is 2.35. The molecule has 0 saturated carbocycles. The van der Waals surface area contributed by atoms with Crippen LogP contribution in [0.5, 0.6) is 0 Å². The molecule has 1 N–H and O–H groups in total. The van der Waals surface area contributed by atoms with Gasteiger partial charge in [-0.25, -0.2) is 0 Å². The smallest absolute Gasteiger partial charge is 0.255 e. The normalized spacial score (nSPS) is 11.2. The Morgan fingerprint density at radius 1 is 1.39 bits per heavy atom. The summed E-state index contributed by atoms with van der Waals surface area (Å²) in [5, 5.41) is 3.19. The molecule has 1 heterocycles. The predicted molar refractivity (Wildman–Crippen MR) is 74.0 cm³/mol. The van der Waals surface area contributed by atoms with E-state index in [1.165, 1.54) is 0 Å². The molecule has 1 rings (SSSR count). The highest BCUT2D eigenvalue weighted by atomic mass is 16.5. The van der Waals surface area contributed by atoms with E-state index in [9.17, 15) is 4.79 Å². The minimum absolute atomic E-state index is 0.0965. The summed E-state index contributed by atoms with van der Waals surface area (Å²) in [6.45, 7) is 8.90. The lowest BCUT2D eigenvalue weighted by Gasteiger charge is -2.17. The molecule has 4 nitrogen and oxygen atoms in total. The van der Waals surface area contributed by atoms with Gasteiger partial charge in [0.25, 0.3) is 5.56 Å². The molecule has 0 aromatic carbocycles. The fourth-order valence-electron chi connectivity index (χ4n) is 1.95. The van der Waals surface area contributed by atoms with Gasteiger partial charge in [-0.3, -0.25) is 4.79 Å². The Hall–Kier alpha value is -1.13. The summed E-state index contributed by atoms with van der Waals surface area (Å²) in [5.74, 6) is 0.336. The molecular formula is C14H24N2O2. The molecule has 0 unspecified atom stereocenters. The molecule has 0 bridgehead atoms. The molecule has 0 atom stereocenters. The molecule has 1 aromatic rings. The Labute approximate surface area is 109 Å². The molecule has 102 valence electrons. The quantitative estimate of drug-likeness (QED) is 0.803. The first-order chi connectivity index (χ1) is 8.61. The van der Waals surface area contributed by atoms with Crippen molar-refractivity contribution in [3.05, 3.63) is 33.7 Å². The third-order valence-electron chi connectivity index (χ3n) is 2.96. The maximum Gasteiger partial charge on any atom is 0.255 e. The van der Waals surface area contributed by atoms with Crippen LogP contribution in [0.15, 0.2) is 16.9 Å². The predicted octanol–water partition coefficient (Wildman–Crippen LogP) is 1.73. The number of methoxy groups -OCH3 is 1. The highest BCUT2D eigenvalue weighted by Crippen LogP contribution is 2.13. The van der Waals surface area contributed by atoms with Crippen LogP contribution < -0.4 is 10.9 Å². The van der Waals surface area contributed by atoms with Crippen molar-refractivity contribution in [1.29, 1.82) is 0 Å². The number of rotatable bonds is 7. The maximum absolute atomic E-state index is 12.4. The zero-order valence-corrected chi connectivity index (χ0v) is 11.8. The molecular weight excluding hydrogens is 228 g/mol. The Kier molecular flexibility index (Phi) is 6.09. The van der Waals surface area contributed by atoms with Gasteiger partial charge in [0.1, 0.15) is 0 Å². The van der Waals surface area contributed by atoms with Crippen molar-refractivity contribution in [3.8, 4) is 0 Å². The van der Waals surface area contributed by atoms with E-state index in [1.54, 1.807) is 7.11 Å². The largest absolute Gasteiger partial charge is 0.383 e. The van der Waals surface area contributed by atoms with Crippen LogP contribution in [0.2, 0.25) is 0 Å². The van der Waals surface area contributed by atoms with Gasteiger partial charge in [-0.1, -0.05) is 26.8 Å². The molecule has 0 fully saturated rings. The van der Waals surface area contributed by atoms with Crippen LogP contribution in [0.1, 0.15) is 37.9 Å². The van der Waals surface area contributed by atoms with Crippen LogP contribution in [0, 0.1) is 0 Å². The van der Waals surface area contributed by atoms with E-state index in [4.69, 9.17) is 4.74 Å². The minimum atomic E-state index is 0.0965. The van der Waals surface area contributed by atoms with Crippen molar-refractivity contribution in [2.45, 2.75) is 39.8 Å². The molecule has 1 aromatic heterocycles. The number of hydrogen-bond donors (Lipinski definition) is 1. The summed E-state index contributed by atoms with van der Waals surface area (Å²) in [6.07, 6.45) is 0. The first-order valence-corrected chi connectivity index (χ1v) is 6.54. The fraction of sp³-hybridized carbons (Fsp3) is 0.643.